The minimum atomic E-state index is -7.87. The lowest BCUT2D eigenvalue weighted by Gasteiger charge is -2.39. The zero-order valence-corrected chi connectivity index (χ0v) is 16.9. The van der Waals surface area contributed by atoms with Crippen LogP contribution in [-0.2, 0) is 4.74 Å². The van der Waals surface area contributed by atoms with Crippen molar-refractivity contribution in [2.45, 2.75) is 82.7 Å². The van der Waals surface area contributed by atoms with Gasteiger partial charge < -0.3 is 4.74 Å². The molecule has 0 saturated carbocycles. The summed E-state index contributed by atoms with van der Waals surface area (Å²) in [4.78, 5) is 0. The second-order valence-electron chi connectivity index (χ2n) is 8.52. The molecule has 0 aliphatic rings. The van der Waals surface area contributed by atoms with Crippen molar-refractivity contribution in [3.63, 3.8) is 0 Å². The molecule has 1 unspecified atom stereocenters. The minimum absolute atomic E-state index is 0.0189. The highest BCUT2D eigenvalue weighted by atomic mass is 19.4. The third-order valence-electron chi connectivity index (χ3n) is 4.27. The lowest BCUT2D eigenvalue weighted by atomic mass is 9.84. The molecule has 0 N–H and O–H groups in total. The van der Waals surface area contributed by atoms with Crippen LogP contribution in [0.1, 0.15) is 47.0 Å². The van der Waals surface area contributed by atoms with Crippen LogP contribution in [-0.4, -0.2) is 49.0 Å². The SMILES string of the molecule is CC(CCOCCC(F)(F)C(F)(F)C(F)(F)C(F)(F)C(F)(F)C(F)(F)F)CC(C)(C)C. The molecule has 1 atom stereocenters. The molecule has 0 rings (SSSR count). The molecule has 0 fully saturated rings. The second-order valence-corrected chi connectivity index (χ2v) is 8.52. The number of alkyl halides is 13. The molecular weight excluding hydrogens is 467 g/mol. The van der Waals surface area contributed by atoms with Gasteiger partial charge in [-0.3, -0.25) is 0 Å². The topological polar surface area (TPSA) is 9.23 Å². The molecule has 31 heavy (non-hydrogen) atoms. The molecule has 14 heteroatoms. The summed E-state index contributed by atoms with van der Waals surface area (Å²) < 4.78 is 173. The highest BCUT2D eigenvalue weighted by Crippen LogP contribution is 2.60. The van der Waals surface area contributed by atoms with Gasteiger partial charge in [0.25, 0.3) is 0 Å². The molecular formula is C17H23F13O. The first-order chi connectivity index (χ1) is 13.4. The van der Waals surface area contributed by atoms with Crippen molar-refractivity contribution in [1.82, 2.24) is 0 Å². The van der Waals surface area contributed by atoms with Crippen LogP contribution in [0.25, 0.3) is 0 Å². The summed E-state index contributed by atoms with van der Waals surface area (Å²) in [7, 11) is 0. The summed E-state index contributed by atoms with van der Waals surface area (Å²) in [5.41, 5.74) is -0.107. The van der Waals surface area contributed by atoms with E-state index < -0.39 is 48.8 Å². The van der Waals surface area contributed by atoms with E-state index in [-0.39, 0.29) is 24.4 Å². The smallest absolute Gasteiger partial charge is 0.381 e. The fourth-order valence-electron chi connectivity index (χ4n) is 2.69. The second kappa shape index (κ2) is 9.12. The van der Waals surface area contributed by atoms with E-state index >= 15 is 0 Å². The fraction of sp³-hybridized carbons (Fsp3) is 1.00. The number of ether oxygens (including phenoxy) is 1. The Morgan fingerprint density at radius 2 is 1.03 bits per heavy atom. The van der Waals surface area contributed by atoms with Crippen LogP contribution in [0.3, 0.4) is 0 Å². The summed E-state index contributed by atoms with van der Waals surface area (Å²) in [6, 6.07) is 0. The van der Waals surface area contributed by atoms with Gasteiger partial charge in [-0.15, -0.1) is 0 Å². The quantitative estimate of drug-likeness (QED) is 0.214. The van der Waals surface area contributed by atoms with Crippen LogP contribution < -0.4 is 0 Å². The Hall–Kier alpha value is -0.950. The summed E-state index contributed by atoms with van der Waals surface area (Å²) in [6.45, 7) is 5.78. The first kappa shape index (κ1) is 30.0. The van der Waals surface area contributed by atoms with Gasteiger partial charge in [-0.1, -0.05) is 27.7 Å². The number of rotatable bonds is 11. The Morgan fingerprint density at radius 3 is 1.42 bits per heavy atom. The van der Waals surface area contributed by atoms with E-state index in [9.17, 15) is 57.1 Å². The maximum absolute atomic E-state index is 13.6. The van der Waals surface area contributed by atoms with Crippen LogP contribution in [0.15, 0.2) is 0 Å². The van der Waals surface area contributed by atoms with Crippen LogP contribution in [0.5, 0.6) is 0 Å². The van der Waals surface area contributed by atoms with Gasteiger partial charge in [0.15, 0.2) is 0 Å². The molecule has 0 aromatic rings. The summed E-state index contributed by atoms with van der Waals surface area (Å²) >= 11 is 0. The maximum atomic E-state index is 13.6. The molecule has 188 valence electrons. The van der Waals surface area contributed by atoms with Gasteiger partial charge in [0.05, 0.1) is 6.61 Å². The summed E-state index contributed by atoms with van der Waals surface area (Å²) in [5, 5.41) is 0. The highest BCUT2D eigenvalue weighted by molar-refractivity contribution is 5.10. The summed E-state index contributed by atoms with van der Waals surface area (Å²) in [5.74, 6) is -36.7. The van der Waals surface area contributed by atoms with Crippen LogP contribution in [0, 0.1) is 11.3 Å². The van der Waals surface area contributed by atoms with Gasteiger partial charge in [-0.05, 0) is 24.2 Å². The van der Waals surface area contributed by atoms with Crippen LogP contribution >= 0.6 is 0 Å². The van der Waals surface area contributed by atoms with Crippen molar-refractivity contribution >= 4 is 0 Å². The average Bonchev–Trinajstić information content (AvgIpc) is 2.50. The van der Waals surface area contributed by atoms with E-state index in [1.165, 1.54) is 0 Å². The lowest BCUT2D eigenvalue weighted by Crippen LogP contribution is -2.70. The predicted molar refractivity (Wildman–Crippen MR) is 84.1 cm³/mol. The van der Waals surface area contributed by atoms with Crippen molar-refractivity contribution in [2.24, 2.45) is 11.3 Å². The Labute approximate surface area is 170 Å². The maximum Gasteiger partial charge on any atom is 0.460 e. The normalized spacial score (nSPS) is 16.5. The monoisotopic (exact) mass is 490 g/mol. The van der Waals surface area contributed by atoms with Gasteiger partial charge in [0.2, 0.25) is 0 Å². The van der Waals surface area contributed by atoms with Crippen molar-refractivity contribution < 1.29 is 61.8 Å². The average molecular weight is 490 g/mol. The molecule has 0 aromatic carbocycles. The van der Waals surface area contributed by atoms with E-state index in [2.05, 4.69) is 4.74 Å². The van der Waals surface area contributed by atoms with E-state index in [0.717, 1.165) is 0 Å². The molecule has 0 spiro atoms. The Morgan fingerprint density at radius 1 is 0.613 bits per heavy atom. The van der Waals surface area contributed by atoms with E-state index in [1.54, 1.807) is 6.92 Å². The van der Waals surface area contributed by atoms with Gasteiger partial charge >= 0.3 is 35.8 Å². The lowest BCUT2D eigenvalue weighted by molar-refractivity contribution is -0.440. The van der Waals surface area contributed by atoms with Gasteiger partial charge in [-0.25, -0.2) is 0 Å². The number of halogens is 13. The van der Waals surface area contributed by atoms with E-state index in [4.69, 9.17) is 0 Å². The molecule has 0 bridgehead atoms. The molecule has 1 nitrogen and oxygen atoms in total. The number of hydrogen-bond donors (Lipinski definition) is 0. The highest BCUT2D eigenvalue weighted by Gasteiger charge is 2.90. The third kappa shape index (κ3) is 6.31. The van der Waals surface area contributed by atoms with Gasteiger partial charge in [-0.2, -0.15) is 57.1 Å². The molecule has 0 aliphatic heterocycles. The zero-order chi connectivity index (χ0) is 25.3. The first-order valence-corrected chi connectivity index (χ1v) is 8.89. The summed E-state index contributed by atoms with van der Waals surface area (Å²) in [6.07, 6.45) is -8.83. The third-order valence-corrected chi connectivity index (χ3v) is 4.27. The van der Waals surface area contributed by atoms with Gasteiger partial charge in [0, 0.05) is 13.0 Å². The molecule has 0 amide bonds. The fourth-order valence-corrected chi connectivity index (χ4v) is 2.69. The Balaban J connectivity index is 5.26. The predicted octanol–water partition coefficient (Wildman–Crippen LogP) is 7.59. The van der Waals surface area contributed by atoms with E-state index in [0.29, 0.717) is 6.42 Å². The molecule has 0 aromatic heterocycles. The van der Waals surface area contributed by atoms with Crippen LogP contribution in [0.4, 0.5) is 57.1 Å². The zero-order valence-electron chi connectivity index (χ0n) is 16.9. The Kier molecular flexibility index (Phi) is 8.84. The molecule has 0 heterocycles. The standard InChI is InChI=1S/C17H23F13O/c1-10(9-11(2,3)4)5-7-31-8-6-12(18,19)13(20,21)14(22,23)15(24,25)16(26,27)17(28,29)30/h10H,5-9H2,1-4H3. The molecule has 0 radical (unpaired) electrons. The largest absolute Gasteiger partial charge is 0.460 e. The van der Waals surface area contributed by atoms with Crippen molar-refractivity contribution in [2.75, 3.05) is 13.2 Å². The van der Waals surface area contributed by atoms with Crippen LogP contribution in [0.2, 0.25) is 0 Å². The van der Waals surface area contributed by atoms with Gasteiger partial charge in [0.1, 0.15) is 0 Å². The van der Waals surface area contributed by atoms with Crippen molar-refractivity contribution in [3.05, 3.63) is 0 Å². The molecule has 0 saturated heterocycles. The molecule has 0 aliphatic carbocycles. The Bertz CT molecular complexity index is 576. The van der Waals surface area contributed by atoms with Crippen molar-refractivity contribution in [1.29, 1.82) is 0 Å². The van der Waals surface area contributed by atoms with Crippen molar-refractivity contribution in [3.8, 4) is 0 Å². The minimum Gasteiger partial charge on any atom is -0.381 e. The number of hydrogen-bond acceptors (Lipinski definition) is 1. The first-order valence-electron chi connectivity index (χ1n) is 8.89. The van der Waals surface area contributed by atoms with E-state index in [1.807, 2.05) is 20.8 Å².